The van der Waals surface area contributed by atoms with Crippen LogP contribution in [0.5, 0.6) is 0 Å². The SMILES string of the molecule is CCCS(=O)(=O)N1CCCC1C(=O)NC(C)c1ccccc1Cl. The van der Waals surface area contributed by atoms with Gasteiger partial charge in [-0.2, -0.15) is 4.31 Å². The van der Waals surface area contributed by atoms with Gasteiger partial charge in [-0.25, -0.2) is 8.42 Å². The quantitative estimate of drug-likeness (QED) is 0.850. The summed E-state index contributed by atoms with van der Waals surface area (Å²) in [6.45, 7) is 4.09. The third-order valence-corrected chi connectivity index (χ3v) is 6.48. The summed E-state index contributed by atoms with van der Waals surface area (Å²) in [4.78, 5) is 12.5. The summed E-state index contributed by atoms with van der Waals surface area (Å²) in [6.07, 6.45) is 1.81. The largest absolute Gasteiger partial charge is 0.348 e. The summed E-state index contributed by atoms with van der Waals surface area (Å²) in [6, 6.07) is 6.43. The standard InChI is InChI=1S/C16H23ClN2O3S/c1-3-11-23(21,22)19-10-6-9-15(19)16(20)18-12(2)13-7-4-5-8-14(13)17/h4-5,7-8,12,15H,3,6,9-11H2,1-2H3,(H,18,20). The van der Waals surface area contributed by atoms with E-state index in [0.717, 1.165) is 5.56 Å². The maximum Gasteiger partial charge on any atom is 0.238 e. The van der Waals surface area contributed by atoms with E-state index in [4.69, 9.17) is 11.6 Å². The van der Waals surface area contributed by atoms with Crippen molar-refractivity contribution in [2.45, 2.75) is 45.2 Å². The topological polar surface area (TPSA) is 66.5 Å². The molecule has 7 heteroatoms. The Balaban J connectivity index is 2.09. The average molecular weight is 359 g/mol. The lowest BCUT2D eigenvalue weighted by Gasteiger charge is -2.25. The molecule has 2 atom stereocenters. The van der Waals surface area contributed by atoms with E-state index in [1.165, 1.54) is 4.31 Å². The molecule has 2 rings (SSSR count). The molecule has 0 aromatic heterocycles. The van der Waals surface area contributed by atoms with Crippen molar-refractivity contribution in [3.8, 4) is 0 Å². The number of halogens is 1. The van der Waals surface area contributed by atoms with Crippen LogP contribution in [-0.4, -0.2) is 37.0 Å². The molecule has 0 saturated carbocycles. The Labute approximate surface area is 143 Å². The van der Waals surface area contributed by atoms with Crippen molar-refractivity contribution >= 4 is 27.5 Å². The highest BCUT2D eigenvalue weighted by Gasteiger charge is 2.38. The Bertz CT molecular complexity index is 663. The van der Waals surface area contributed by atoms with Gasteiger partial charge in [-0.1, -0.05) is 36.7 Å². The van der Waals surface area contributed by atoms with Crippen molar-refractivity contribution < 1.29 is 13.2 Å². The minimum absolute atomic E-state index is 0.0802. The molecule has 5 nitrogen and oxygen atoms in total. The van der Waals surface area contributed by atoms with Gasteiger partial charge in [0.05, 0.1) is 11.8 Å². The van der Waals surface area contributed by atoms with Gasteiger partial charge in [0.15, 0.2) is 0 Å². The zero-order valence-corrected chi connectivity index (χ0v) is 15.0. The summed E-state index contributed by atoms with van der Waals surface area (Å²) < 4.78 is 25.9. The molecule has 1 aliphatic rings. The number of nitrogens with one attached hydrogen (secondary N) is 1. The highest BCUT2D eigenvalue weighted by atomic mass is 35.5. The summed E-state index contributed by atoms with van der Waals surface area (Å²) in [5, 5.41) is 3.48. The molecule has 2 unspecified atom stereocenters. The van der Waals surface area contributed by atoms with Crippen molar-refractivity contribution in [1.29, 1.82) is 0 Å². The van der Waals surface area contributed by atoms with Crippen LogP contribution in [0.4, 0.5) is 0 Å². The van der Waals surface area contributed by atoms with Crippen molar-refractivity contribution in [2.24, 2.45) is 0 Å². The highest BCUT2D eigenvalue weighted by Crippen LogP contribution is 2.25. The lowest BCUT2D eigenvalue weighted by Crippen LogP contribution is -2.47. The molecule has 23 heavy (non-hydrogen) atoms. The molecule has 1 aromatic carbocycles. The number of nitrogens with zero attached hydrogens (tertiary/aromatic N) is 1. The van der Waals surface area contributed by atoms with Gasteiger partial charge in [0, 0.05) is 11.6 Å². The van der Waals surface area contributed by atoms with Gasteiger partial charge in [0.2, 0.25) is 15.9 Å². The van der Waals surface area contributed by atoms with Gasteiger partial charge in [-0.3, -0.25) is 4.79 Å². The van der Waals surface area contributed by atoms with E-state index in [-0.39, 0.29) is 17.7 Å². The lowest BCUT2D eigenvalue weighted by atomic mass is 10.1. The highest BCUT2D eigenvalue weighted by molar-refractivity contribution is 7.89. The fraction of sp³-hybridized carbons (Fsp3) is 0.562. The van der Waals surface area contributed by atoms with Gasteiger partial charge in [0.25, 0.3) is 0 Å². The second-order valence-corrected chi connectivity index (χ2v) is 8.28. The molecule has 1 aliphatic heterocycles. The molecule has 1 saturated heterocycles. The molecule has 1 fully saturated rings. The summed E-state index contributed by atoms with van der Waals surface area (Å²) in [5.74, 6) is -0.175. The molecule has 1 amide bonds. The van der Waals surface area contributed by atoms with E-state index in [2.05, 4.69) is 5.32 Å². The average Bonchev–Trinajstić information content (AvgIpc) is 2.98. The Hall–Kier alpha value is -1.11. The van der Waals surface area contributed by atoms with Crippen LogP contribution in [0.15, 0.2) is 24.3 Å². The van der Waals surface area contributed by atoms with Crippen LogP contribution in [0.3, 0.4) is 0 Å². The van der Waals surface area contributed by atoms with Gasteiger partial charge in [-0.15, -0.1) is 0 Å². The number of hydrogen-bond donors (Lipinski definition) is 1. The first-order chi connectivity index (χ1) is 10.9. The van der Waals surface area contributed by atoms with E-state index >= 15 is 0 Å². The van der Waals surface area contributed by atoms with Crippen LogP contribution in [0, 0.1) is 0 Å². The first-order valence-electron chi connectivity index (χ1n) is 7.91. The number of amides is 1. The fourth-order valence-electron chi connectivity index (χ4n) is 2.92. The molecule has 0 radical (unpaired) electrons. The van der Waals surface area contributed by atoms with Crippen LogP contribution < -0.4 is 5.32 Å². The maximum absolute atomic E-state index is 12.5. The number of benzene rings is 1. The number of carbonyl (C=O) groups excluding carboxylic acids is 1. The zero-order valence-electron chi connectivity index (χ0n) is 13.5. The molecule has 0 spiro atoms. The van der Waals surface area contributed by atoms with Crippen molar-refractivity contribution in [3.05, 3.63) is 34.9 Å². The van der Waals surface area contributed by atoms with Crippen molar-refractivity contribution in [1.82, 2.24) is 9.62 Å². The normalized spacial score (nSPS) is 20.4. The molecule has 1 N–H and O–H groups in total. The van der Waals surface area contributed by atoms with Gasteiger partial charge >= 0.3 is 0 Å². The Kier molecular flexibility index (Phi) is 6.06. The van der Waals surface area contributed by atoms with Gasteiger partial charge in [-0.05, 0) is 37.8 Å². The van der Waals surface area contributed by atoms with Crippen LogP contribution in [0.2, 0.25) is 5.02 Å². The molecule has 1 heterocycles. The molecule has 0 aliphatic carbocycles. The number of rotatable bonds is 6. The van der Waals surface area contributed by atoms with Crippen LogP contribution in [0.25, 0.3) is 0 Å². The Morgan fingerprint density at radius 3 is 2.78 bits per heavy atom. The van der Waals surface area contributed by atoms with Crippen molar-refractivity contribution in [3.63, 3.8) is 0 Å². The monoisotopic (exact) mass is 358 g/mol. The number of sulfonamides is 1. The molecule has 128 valence electrons. The predicted octanol–water partition coefficient (Wildman–Crippen LogP) is 2.72. The van der Waals surface area contributed by atoms with Crippen LogP contribution in [0.1, 0.15) is 44.7 Å². The van der Waals surface area contributed by atoms with Crippen LogP contribution >= 0.6 is 11.6 Å². The lowest BCUT2D eigenvalue weighted by molar-refractivity contribution is -0.124. The van der Waals surface area contributed by atoms with Gasteiger partial charge in [0.1, 0.15) is 6.04 Å². The molecule has 1 aromatic rings. The molecular formula is C16H23ClN2O3S. The Morgan fingerprint density at radius 1 is 1.43 bits per heavy atom. The van der Waals surface area contributed by atoms with E-state index in [9.17, 15) is 13.2 Å². The number of carbonyl (C=O) groups is 1. The zero-order chi connectivity index (χ0) is 17.0. The summed E-state index contributed by atoms with van der Waals surface area (Å²) in [7, 11) is -3.37. The minimum atomic E-state index is -3.37. The maximum atomic E-state index is 12.5. The third-order valence-electron chi connectivity index (χ3n) is 4.06. The summed E-state index contributed by atoms with van der Waals surface area (Å²) in [5.41, 5.74) is 0.823. The number of hydrogen-bond acceptors (Lipinski definition) is 3. The Morgan fingerprint density at radius 2 is 2.13 bits per heavy atom. The first kappa shape index (κ1) is 18.2. The van der Waals surface area contributed by atoms with E-state index in [0.29, 0.717) is 30.8 Å². The van der Waals surface area contributed by atoms with Crippen LogP contribution in [-0.2, 0) is 14.8 Å². The minimum Gasteiger partial charge on any atom is -0.348 e. The van der Waals surface area contributed by atoms with E-state index in [1.807, 2.05) is 32.0 Å². The van der Waals surface area contributed by atoms with E-state index in [1.54, 1.807) is 6.07 Å². The predicted molar refractivity (Wildman–Crippen MR) is 91.8 cm³/mol. The molecule has 0 bridgehead atoms. The second kappa shape index (κ2) is 7.64. The smallest absolute Gasteiger partial charge is 0.238 e. The van der Waals surface area contributed by atoms with Crippen molar-refractivity contribution in [2.75, 3.05) is 12.3 Å². The summed E-state index contributed by atoms with van der Waals surface area (Å²) >= 11 is 6.15. The first-order valence-corrected chi connectivity index (χ1v) is 9.90. The van der Waals surface area contributed by atoms with Gasteiger partial charge < -0.3 is 5.32 Å². The second-order valence-electron chi connectivity index (χ2n) is 5.84. The third kappa shape index (κ3) is 4.25. The fourth-order valence-corrected chi connectivity index (χ4v) is 4.97. The molecular weight excluding hydrogens is 336 g/mol. The van der Waals surface area contributed by atoms with E-state index < -0.39 is 16.1 Å².